The van der Waals surface area contributed by atoms with Gasteiger partial charge in [0.25, 0.3) is 5.91 Å². The van der Waals surface area contributed by atoms with Gasteiger partial charge in [-0.05, 0) is 53.8 Å². The molecule has 1 aliphatic heterocycles. The molecule has 208 valence electrons. The number of aromatic hydroxyl groups is 1. The Morgan fingerprint density at radius 1 is 1.07 bits per heavy atom. The molecule has 0 radical (unpaired) electrons. The normalized spacial score (nSPS) is 17.8. The van der Waals surface area contributed by atoms with Crippen molar-refractivity contribution in [2.75, 3.05) is 10.2 Å². The zero-order chi connectivity index (χ0) is 28.7. The van der Waals surface area contributed by atoms with Crippen LogP contribution in [0.5, 0.6) is 11.5 Å². The summed E-state index contributed by atoms with van der Waals surface area (Å²) in [6.07, 6.45) is 2.05. The molecule has 41 heavy (non-hydrogen) atoms. The van der Waals surface area contributed by atoms with Crippen molar-refractivity contribution in [1.82, 2.24) is 0 Å². The molecule has 2 heterocycles. The van der Waals surface area contributed by atoms with Crippen molar-refractivity contribution >= 4 is 23.1 Å². The van der Waals surface area contributed by atoms with E-state index in [0.29, 0.717) is 23.6 Å². The first-order chi connectivity index (χ1) is 19.7. The van der Waals surface area contributed by atoms with E-state index in [1.807, 2.05) is 44.2 Å². The second-order valence-corrected chi connectivity index (χ2v) is 11.1. The number of hydrogen-bond acceptors (Lipinski definition) is 6. The lowest BCUT2D eigenvalue weighted by Crippen LogP contribution is -2.39. The molecule has 1 atom stereocenters. The quantitative estimate of drug-likeness (QED) is 0.255. The largest absolute Gasteiger partial charge is 0.506 e. The Bertz CT molecular complexity index is 1660. The Morgan fingerprint density at radius 2 is 1.88 bits per heavy atom. The van der Waals surface area contributed by atoms with Crippen LogP contribution in [0.25, 0.3) is 0 Å². The standard InChI is InChI=1S/C33H29FN2O5/c1-33(2)17-24-29(27(38)18-33)31(22-14-13-21(16-23(22)34)41-19-20-8-4-3-5-9-20)36(32(39)28-12-7-15-40-28)25-10-6-11-26(37)30(25)35-24/h3-16,31,35,37H,17-19H2,1-2H3/t31-/m0/s1. The summed E-state index contributed by atoms with van der Waals surface area (Å²) in [5.41, 5.74) is 2.04. The first-order valence-corrected chi connectivity index (χ1v) is 13.4. The average molecular weight is 553 g/mol. The minimum Gasteiger partial charge on any atom is -0.506 e. The number of ether oxygens (including phenoxy) is 1. The zero-order valence-electron chi connectivity index (χ0n) is 22.7. The summed E-state index contributed by atoms with van der Waals surface area (Å²) < 4.78 is 27.4. The molecule has 1 aliphatic carbocycles. The number of amides is 1. The summed E-state index contributed by atoms with van der Waals surface area (Å²) in [6.45, 7) is 4.21. The first-order valence-electron chi connectivity index (χ1n) is 13.4. The Balaban J connectivity index is 1.51. The van der Waals surface area contributed by atoms with Gasteiger partial charge < -0.3 is 19.6 Å². The zero-order valence-corrected chi connectivity index (χ0v) is 22.7. The first kappa shape index (κ1) is 26.4. The van der Waals surface area contributed by atoms with E-state index in [2.05, 4.69) is 5.32 Å². The predicted molar refractivity (Wildman–Crippen MR) is 152 cm³/mol. The molecule has 8 heteroatoms. The van der Waals surface area contributed by atoms with Gasteiger partial charge in [-0.2, -0.15) is 0 Å². The molecule has 3 aromatic carbocycles. The smallest absolute Gasteiger partial charge is 0.294 e. The van der Waals surface area contributed by atoms with Crippen LogP contribution < -0.4 is 15.0 Å². The van der Waals surface area contributed by atoms with Crippen LogP contribution in [0.4, 0.5) is 15.8 Å². The number of allylic oxidation sites excluding steroid dienone is 1. The lowest BCUT2D eigenvalue weighted by atomic mass is 9.73. The second kappa shape index (κ2) is 10.3. The summed E-state index contributed by atoms with van der Waals surface area (Å²) in [4.78, 5) is 29.2. The van der Waals surface area contributed by atoms with Crippen molar-refractivity contribution in [2.24, 2.45) is 5.41 Å². The number of carbonyl (C=O) groups is 2. The van der Waals surface area contributed by atoms with Gasteiger partial charge in [0, 0.05) is 29.3 Å². The molecule has 0 fully saturated rings. The minimum atomic E-state index is -1.13. The molecule has 1 amide bonds. The van der Waals surface area contributed by atoms with E-state index >= 15 is 4.39 Å². The number of nitrogens with zero attached hydrogens (tertiary/aromatic N) is 1. The van der Waals surface area contributed by atoms with E-state index in [9.17, 15) is 14.7 Å². The summed E-state index contributed by atoms with van der Waals surface area (Å²) in [7, 11) is 0. The number of para-hydroxylation sites is 1. The number of Topliss-reactive ketones (excluding diaryl/α,β-unsaturated/α-hetero) is 1. The number of rotatable bonds is 5. The molecule has 2 N–H and O–H groups in total. The molecule has 2 aliphatic rings. The highest BCUT2D eigenvalue weighted by molar-refractivity contribution is 6.11. The molecule has 6 rings (SSSR count). The van der Waals surface area contributed by atoms with Gasteiger partial charge in [-0.25, -0.2) is 4.39 Å². The molecule has 0 spiro atoms. The fourth-order valence-corrected chi connectivity index (χ4v) is 5.64. The van der Waals surface area contributed by atoms with Gasteiger partial charge in [0.2, 0.25) is 0 Å². The van der Waals surface area contributed by atoms with Crippen molar-refractivity contribution < 1.29 is 28.2 Å². The number of halogens is 1. The Morgan fingerprint density at radius 3 is 2.61 bits per heavy atom. The molecule has 0 bridgehead atoms. The van der Waals surface area contributed by atoms with E-state index in [-0.39, 0.29) is 52.6 Å². The molecule has 7 nitrogen and oxygen atoms in total. The number of hydrogen-bond donors (Lipinski definition) is 2. The second-order valence-electron chi connectivity index (χ2n) is 11.1. The number of phenolic OH excluding ortho intramolecular Hbond substituents is 1. The third-order valence-electron chi connectivity index (χ3n) is 7.47. The van der Waals surface area contributed by atoms with Gasteiger partial charge in [0.1, 0.15) is 29.6 Å². The van der Waals surface area contributed by atoms with Crippen molar-refractivity contribution in [3.63, 3.8) is 0 Å². The maximum absolute atomic E-state index is 16.1. The highest BCUT2D eigenvalue weighted by atomic mass is 19.1. The number of carbonyl (C=O) groups excluding carboxylic acids is 2. The van der Waals surface area contributed by atoms with Crippen LogP contribution in [-0.2, 0) is 11.4 Å². The number of ketones is 1. The molecule has 1 aromatic heterocycles. The van der Waals surface area contributed by atoms with Gasteiger partial charge in [-0.3, -0.25) is 14.5 Å². The molecule has 0 unspecified atom stereocenters. The maximum atomic E-state index is 16.1. The van der Waals surface area contributed by atoms with E-state index < -0.39 is 17.8 Å². The molecular weight excluding hydrogens is 523 g/mol. The third-order valence-corrected chi connectivity index (χ3v) is 7.47. The third kappa shape index (κ3) is 4.97. The molecule has 4 aromatic rings. The number of benzene rings is 3. The topological polar surface area (TPSA) is 92.0 Å². The minimum absolute atomic E-state index is 0.0140. The van der Waals surface area contributed by atoms with Crippen LogP contribution in [-0.4, -0.2) is 16.8 Å². The van der Waals surface area contributed by atoms with Crippen LogP contribution >= 0.6 is 0 Å². The molecular formula is C33H29FN2O5. The summed E-state index contributed by atoms with van der Waals surface area (Å²) in [5.74, 6) is -1.20. The lowest BCUT2D eigenvalue weighted by Gasteiger charge is -2.37. The van der Waals surface area contributed by atoms with E-state index in [1.54, 1.807) is 30.3 Å². The van der Waals surface area contributed by atoms with Crippen LogP contribution in [0, 0.1) is 11.2 Å². The Hall–Kier alpha value is -4.85. The highest BCUT2D eigenvalue weighted by Gasteiger charge is 2.45. The van der Waals surface area contributed by atoms with Crippen LogP contribution in [0.1, 0.15) is 54.4 Å². The van der Waals surface area contributed by atoms with Gasteiger partial charge in [0.05, 0.1) is 18.0 Å². The van der Waals surface area contributed by atoms with E-state index in [0.717, 1.165) is 5.56 Å². The van der Waals surface area contributed by atoms with Crippen molar-refractivity contribution in [2.45, 2.75) is 39.3 Å². The van der Waals surface area contributed by atoms with E-state index in [1.165, 1.54) is 29.4 Å². The van der Waals surface area contributed by atoms with Crippen LogP contribution in [0.2, 0.25) is 0 Å². The van der Waals surface area contributed by atoms with Gasteiger partial charge >= 0.3 is 0 Å². The maximum Gasteiger partial charge on any atom is 0.294 e. The van der Waals surface area contributed by atoms with Crippen molar-refractivity contribution in [3.8, 4) is 11.5 Å². The number of anilines is 2. The van der Waals surface area contributed by atoms with Crippen LogP contribution in [0.15, 0.2) is 101 Å². The number of furan rings is 1. The van der Waals surface area contributed by atoms with Crippen LogP contribution in [0.3, 0.4) is 0 Å². The molecule has 0 saturated carbocycles. The fraction of sp³-hybridized carbons (Fsp3) is 0.212. The summed E-state index contributed by atoms with van der Waals surface area (Å²) in [6, 6.07) is 20.7. The monoisotopic (exact) mass is 552 g/mol. The van der Waals surface area contributed by atoms with Gasteiger partial charge in [-0.1, -0.05) is 50.2 Å². The summed E-state index contributed by atoms with van der Waals surface area (Å²) >= 11 is 0. The van der Waals surface area contributed by atoms with Crippen molar-refractivity contribution in [1.29, 1.82) is 0 Å². The highest BCUT2D eigenvalue weighted by Crippen LogP contribution is 2.51. The SMILES string of the molecule is CC1(C)CC(=O)C2=C(C1)Nc1c(O)cccc1N(C(=O)c1ccco1)[C@H]2c1ccc(OCc2ccccc2)cc1F. The number of phenols is 1. The Kier molecular flexibility index (Phi) is 6.61. The van der Waals surface area contributed by atoms with Gasteiger partial charge in [0.15, 0.2) is 11.5 Å². The van der Waals surface area contributed by atoms with Crippen molar-refractivity contribution in [3.05, 3.63) is 119 Å². The van der Waals surface area contributed by atoms with E-state index in [4.69, 9.17) is 9.15 Å². The molecule has 0 saturated heterocycles. The Labute approximate surface area is 236 Å². The number of fused-ring (bicyclic) bond motifs is 1. The lowest BCUT2D eigenvalue weighted by molar-refractivity contribution is -0.118. The average Bonchev–Trinajstić information content (AvgIpc) is 3.43. The van der Waals surface area contributed by atoms with Gasteiger partial charge in [-0.15, -0.1) is 0 Å². The predicted octanol–water partition coefficient (Wildman–Crippen LogP) is 7.16. The fourth-order valence-electron chi connectivity index (χ4n) is 5.64. The number of nitrogens with one attached hydrogen (secondary N) is 1. The summed E-state index contributed by atoms with van der Waals surface area (Å²) in [5, 5.41) is 14.1.